The van der Waals surface area contributed by atoms with Crippen LogP contribution in [0.5, 0.6) is 0 Å². The van der Waals surface area contributed by atoms with Crippen LogP contribution in [0.15, 0.2) is 168 Å². The van der Waals surface area contributed by atoms with Crippen LogP contribution in [0.25, 0.3) is 98.4 Å². The summed E-state index contributed by atoms with van der Waals surface area (Å²) in [5.41, 5.74) is 10.4. The van der Waals surface area contributed by atoms with Gasteiger partial charge in [0.25, 0.3) is 0 Å². The Labute approximate surface area is 292 Å². The Morgan fingerprint density at radius 1 is 0.440 bits per heavy atom. The quantitative estimate of drug-likeness (QED) is 0.185. The number of benzene rings is 6. The van der Waals surface area contributed by atoms with Crippen molar-refractivity contribution in [2.75, 3.05) is 0 Å². The van der Waals surface area contributed by atoms with Gasteiger partial charge < -0.3 is 4.42 Å². The van der Waals surface area contributed by atoms with Crippen LogP contribution in [-0.4, -0.2) is 15.0 Å². The van der Waals surface area contributed by atoms with Crippen molar-refractivity contribution in [3.8, 4) is 56.3 Å². The molecular weight excluding hydrogens is 631 g/mol. The number of nitrogens with zero attached hydrogens (tertiary/aromatic N) is 3. The summed E-state index contributed by atoms with van der Waals surface area (Å²) in [4.78, 5) is 15.0. The van der Waals surface area contributed by atoms with E-state index in [0.29, 0.717) is 5.82 Å². The lowest BCUT2D eigenvalue weighted by atomic mass is 9.95. The highest BCUT2D eigenvalue weighted by atomic mass is 32.1. The van der Waals surface area contributed by atoms with Crippen LogP contribution in [0.2, 0.25) is 0 Å². The molecule has 5 heteroatoms. The minimum Gasteiger partial charge on any atom is -0.455 e. The molecule has 4 aromatic heterocycles. The first-order valence-corrected chi connectivity index (χ1v) is 17.4. The number of thiophene rings is 1. The molecule has 234 valence electrons. The molecule has 6 aromatic carbocycles. The van der Waals surface area contributed by atoms with Crippen LogP contribution in [0.1, 0.15) is 0 Å². The molecule has 0 spiro atoms. The summed E-state index contributed by atoms with van der Waals surface area (Å²) in [7, 11) is 0. The summed E-state index contributed by atoms with van der Waals surface area (Å²) < 4.78 is 9.28. The van der Waals surface area contributed by atoms with E-state index in [0.717, 1.165) is 72.4 Å². The average Bonchev–Trinajstić information content (AvgIpc) is 3.77. The molecule has 4 heterocycles. The summed E-state index contributed by atoms with van der Waals surface area (Å²) in [5, 5.41) is 4.67. The summed E-state index contributed by atoms with van der Waals surface area (Å²) in [6, 6.07) is 54.7. The predicted octanol–water partition coefficient (Wildman–Crippen LogP) is 12.5. The van der Waals surface area contributed by atoms with Crippen molar-refractivity contribution >= 4 is 53.4 Å². The average molecular weight is 658 g/mol. The van der Waals surface area contributed by atoms with E-state index in [2.05, 4.69) is 108 Å². The highest BCUT2D eigenvalue weighted by molar-refractivity contribution is 7.25. The van der Waals surface area contributed by atoms with Gasteiger partial charge in [-0.2, -0.15) is 0 Å². The maximum atomic E-state index is 6.72. The number of aromatic nitrogens is 3. The molecule has 0 aliphatic heterocycles. The normalized spacial score (nSPS) is 11.6. The predicted molar refractivity (Wildman–Crippen MR) is 207 cm³/mol. The van der Waals surface area contributed by atoms with Gasteiger partial charge in [-0.1, -0.05) is 109 Å². The second kappa shape index (κ2) is 11.6. The Kier molecular flexibility index (Phi) is 6.64. The molecule has 0 aliphatic carbocycles. The molecule has 0 amide bonds. The molecule has 0 atom stereocenters. The third kappa shape index (κ3) is 4.79. The zero-order chi connectivity index (χ0) is 33.0. The van der Waals surface area contributed by atoms with Gasteiger partial charge in [0.15, 0.2) is 5.82 Å². The van der Waals surface area contributed by atoms with Gasteiger partial charge in [0.1, 0.15) is 11.2 Å². The molecule has 0 radical (unpaired) electrons. The number of furan rings is 1. The molecule has 0 N–H and O–H groups in total. The Hall–Kier alpha value is -6.43. The van der Waals surface area contributed by atoms with Crippen molar-refractivity contribution in [2.24, 2.45) is 0 Å². The van der Waals surface area contributed by atoms with Gasteiger partial charge in [0.05, 0.1) is 17.1 Å². The van der Waals surface area contributed by atoms with Crippen LogP contribution in [0.3, 0.4) is 0 Å². The molecule has 0 bridgehead atoms. The SMILES string of the molecule is c1ccc(-c2cc(-c3ccc(-c4ccc5c(c4)sc4ccccc45)c4oc5ccccc5c34)nc(-c3cccc(-c4ccccn4)c3)n2)cc1. The van der Waals surface area contributed by atoms with Gasteiger partial charge in [-0.05, 0) is 54.1 Å². The topological polar surface area (TPSA) is 51.8 Å². The van der Waals surface area contributed by atoms with Crippen LogP contribution in [0.4, 0.5) is 0 Å². The fraction of sp³-hybridized carbons (Fsp3) is 0. The standard InChI is InChI=1S/C45H27N3OS/c1-2-11-28(12-3-1)38-27-39(48-45(47-38)31-14-10-13-30(25-31)37-17-8-9-24-46-37)35-23-22-32(44-43(35)36-16-4-6-18-40(36)49-44)29-20-21-34-33-15-5-7-19-41(33)50-42(34)26-29/h1-27H. The van der Waals surface area contributed by atoms with Crippen molar-refractivity contribution in [3.05, 3.63) is 164 Å². The van der Waals surface area contributed by atoms with E-state index in [-0.39, 0.29) is 0 Å². The first-order valence-electron chi connectivity index (χ1n) is 16.6. The third-order valence-corrected chi connectivity index (χ3v) is 10.5. The summed E-state index contributed by atoms with van der Waals surface area (Å²) >= 11 is 1.83. The molecular formula is C45H27N3OS. The molecule has 0 unspecified atom stereocenters. The van der Waals surface area contributed by atoms with Gasteiger partial charge in [0.2, 0.25) is 0 Å². The van der Waals surface area contributed by atoms with E-state index >= 15 is 0 Å². The fourth-order valence-electron chi connectivity index (χ4n) is 6.98. The number of pyridine rings is 1. The second-order valence-electron chi connectivity index (χ2n) is 12.4. The first kappa shape index (κ1) is 28.6. The van der Waals surface area contributed by atoms with Crippen molar-refractivity contribution in [1.82, 2.24) is 15.0 Å². The maximum absolute atomic E-state index is 6.72. The zero-order valence-electron chi connectivity index (χ0n) is 26.7. The first-order chi connectivity index (χ1) is 24.8. The van der Waals surface area contributed by atoms with E-state index in [4.69, 9.17) is 14.4 Å². The molecule has 4 nitrogen and oxygen atoms in total. The minimum atomic E-state index is 0.652. The van der Waals surface area contributed by atoms with Gasteiger partial charge in [-0.15, -0.1) is 11.3 Å². The Balaban J connectivity index is 1.20. The number of fused-ring (bicyclic) bond motifs is 6. The monoisotopic (exact) mass is 657 g/mol. The summed E-state index contributed by atoms with van der Waals surface area (Å²) in [6.45, 7) is 0. The lowest BCUT2D eigenvalue weighted by Crippen LogP contribution is -1.97. The lowest BCUT2D eigenvalue weighted by molar-refractivity contribution is 0.670. The zero-order valence-corrected chi connectivity index (χ0v) is 27.6. The molecule has 10 rings (SSSR count). The van der Waals surface area contributed by atoms with Crippen molar-refractivity contribution in [2.45, 2.75) is 0 Å². The van der Waals surface area contributed by atoms with Crippen LogP contribution in [0, 0.1) is 0 Å². The molecule has 0 fully saturated rings. The van der Waals surface area contributed by atoms with Gasteiger partial charge >= 0.3 is 0 Å². The van der Waals surface area contributed by atoms with E-state index in [1.54, 1.807) is 0 Å². The van der Waals surface area contributed by atoms with Crippen molar-refractivity contribution in [3.63, 3.8) is 0 Å². The summed E-state index contributed by atoms with van der Waals surface area (Å²) in [6.07, 6.45) is 1.82. The molecule has 0 saturated heterocycles. The maximum Gasteiger partial charge on any atom is 0.160 e. The Morgan fingerprint density at radius 2 is 1.18 bits per heavy atom. The van der Waals surface area contributed by atoms with Crippen LogP contribution in [-0.2, 0) is 0 Å². The molecule has 10 aromatic rings. The summed E-state index contributed by atoms with van der Waals surface area (Å²) in [5.74, 6) is 0.652. The minimum absolute atomic E-state index is 0.652. The molecule has 0 saturated carbocycles. The van der Waals surface area contributed by atoms with E-state index in [1.807, 2.05) is 72.1 Å². The number of para-hydroxylation sites is 1. The van der Waals surface area contributed by atoms with E-state index in [1.165, 1.54) is 20.2 Å². The Morgan fingerprint density at radius 3 is 2.08 bits per heavy atom. The Bertz CT molecular complexity index is 2870. The number of rotatable bonds is 5. The second-order valence-corrected chi connectivity index (χ2v) is 13.5. The molecule has 50 heavy (non-hydrogen) atoms. The largest absolute Gasteiger partial charge is 0.455 e. The number of hydrogen-bond donors (Lipinski definition) is 0. The lowest BCUT2D eigenvalue weighted by Gasteiger charge is -2.12. The van der Waals surface area contributed by atoms with E-state index in [9.17, 15) is 0 Å². The highest BCUT2D eigenvalue weighted by Gasteiger charge is 2.20. The third-order valence-electron chi connectivity index (χ3n) is 9.37. The smallest absolute Gasteiger partial charge is 0.160 e. The highest BCUT2D eigenvalue weighted by Crippen LogP contribution is 2.44. The van der Waals surface area contributed by atoms with E-state index < -0.39 is 0 Å². The van der Waals surface area contributed by atoms with Crippen molar-refractivity contribution in [1.29, 1.82) is 0 Å². The van der Waals surface area contributed by atoms with Crippen LogP contribution >= 0.6 is 11.3 Å². The van der Waals surface area contributed by atoms with Gasteiger partial charge in [0, 0.05) is 65.0 Å². The van der Waals surface area contributed by atoms with Gasteiger partial charge in [-0.25, -0.2) is 9.97 Å². The van der Waals surface area contributed by atoms with Gasteiger partial charge in [-0.3, -0.25) is 4.98 Å². The van der Waals surface area contributed by atoms with Crippen molar-refractivity contribution < 1.29 is 4.42 Å². The number of hydrogen-bond acceptors (Lipinski definition) is 5. The fourth-order valence-corrected chi connectivity index (χ4v) is 8.13. The van der Waals surface area contributed by atoms with Crippen LogP contribution < -0.4 is 0 Å². The molecule has 0 aliphatic rings.